The molecule has 0 saturated carbocycles. The average molecular weight is 432 g/mol. The summed E-state index contributed by atoms with van der Waals surface area (Å²) in [5.41, 5.74) is 1.10. The molecule has 164 valence electrons. The van der Waals surface area contributed by atoms with E-state index >= 15 is 0 Å². The van der Waals surface area contributed by atoms with Crippen LogP contribution in [0.15, 0.2) is 54.6 Å². The molecule has 0 aromatic heterocycles. The molecule has 4 amide bonds. The summed E-state index contributed by atoms with van der Waals surface area (Å²) in [5.74, 6) is -0.757. The Morgan fingerprint density at radius 1 is 0.969 bits per heavy atom. The molecule has 8 nitrogen and oxygen atoms in total. The van der Waals surface area contributed by atoms with Crippen molar-refractivity contribution in [2.75, 3.05) is 24.7 Å². The molecule has 2 aromatic rings. The van der Waals surface area contributed by atoms with Gasteiger partial charge in [0.05, 0.1) is 17.9 Å². The van der Waals surface area contributed by atoms with Crippen molar-refractivity contribution in [2.24, 2.45) is 0 Å². The molecule has 1 unspecified atom stereocenters. The molecule has 0 N–H and O–H groups in total. The summed E-state index contributed by atoms with van der Waals surface area (Å²) in [7, 11) is 0. The van der Waals surface area contributed by atoms with Gasteiger partial charge < -0.3 is 14.7 Å². The summed E-state index contributed by atoms with van der Waals surface area (Å²) in [4.78, 5) is 57.9. The van der Waals surface area contributed by atoms with E-state index in [2.05, 4.69) is 0 Å². The lowest BCUT2D eigenvalue weighted by atomic mass is 9.98. The number of carbonyl (C=O) groups excluding carboxylic acids is 4. The van der Waals surface area contributed by atoms with Crippen LogP contribution >= 0.6 is 0 Å². The first kappa shape index (κ1) is 20.2. The summed E-state index contributed by atoms with van der Waals surface area (Å²) >= 11 is 0. The van der Waals surface area contributed by atoms with Crippen LogP contribution in [0.2, 0.25) is 0 Å². The van der Waals surface area contributed by atoms with Crippen LogP contribution in [-0.4, -0.2) is 63.7 Å². The lowest BCUT2D eigenvalue weighted by Crippen LogP contribution is -2.64. The summed E-state index contributed by atoms with van der Waals surface area (Å²) in [5, 5.41) is 0. The molecule has 2 aromatic carbocycles. The molecular formula is C24H24N4O4. The van der Waals surface area contributed by atoms with Crippen LogP contribution in [0, 0.1) is 0 Å². The molecule has 5 rings (SSSR count). The van der Waals surface area contributed by atoms with Crippen LogP contribution in [0.3, 0.4) is 0 Å². The second kappa shape index (κ2) is 7.47. The number of fused-ring (bicyclic) bond motifs is 3. The van der Waals surface area contributed by atoms with E-state index in [1.54, 1.807) is 34.1 Å². The Labute approximate surface area is 186 Å². The SMILES string of the molecule is CC12CCC(=O)N1c1ccccc1C(=O)N2CC(=O)N1CC(=O)N(Cc2ccccc2)C1. The normalized spacial score (nSPS) is 22.5. The third-order valence-electron chi connectivity index (χ3n) is 6.63. The number of para-hydroxylation sites is 1. The van der Waals surface area contributed by atoms with Gasteiger partial charge in [-0.2, -0.15) is 0 Å². The number of hydrogen-bond acceptors (Lipinski definition) is 4. The van der Waals surface area contributed by atoms with Crippen LogP contribution < -0.4 is 4.90 Å². The van der Waals surface area contributed by atoms with Crippen molar-refractivity contribution in [1.29, 1.82) is 0 Å². The monoisotopic (exact) mass is 432 g/mol. The molecule has 2 fully saturated rings. The fourth-order valence-corrected chi connectivity index (χ4v) is 4.88. The van der Waals surface area contributed by atoms with Crippen LogP contribution in [0.1, 0.15) is 35.7 Å². The topological polar surface area (TPSA) is 81.2 Å². The molecule has 0 aliphatic carbocycles. The summed E-state index contributed by atoms with van der Waals surface area (Å²) in [6.07, 6.45) is 0.772. The zero-order chi connectivity index (χ0) is 22.5. The summed E-state index contributed by atoms with van der Waals surface area (Å²) in [6, 6.07) is 16.6. The van der Waals surface area contributed by atoms with Gasteiger partial charge in [0.2, 0.25) is 17.7 Å². The number of carbonyl (C=O) groups is 4. The highest BCUT2D eigenvalue weighted by molar-refractivity contribution is 6.11. The van der Waals surface area contributed by atoms with Crippen molar-refractivity contribution in [2.45, 2.75) is 32.0 Å². The molecule has 3 aliphatic heterocycles. The number of rotatable bonds is 4. The molecule has 0 bridgehead atoms. The van der Waals surface area contributed by atoms with Gasteiger partial charge in [-0.15, -0.1) is 0 Å². The predicted octanol–water partition coefficient (Wildman–Crippen LogP) is 1.81. The molecular weight excluding hydrogens is 408 g/mol. The fraction of sp³-hybridized carbons (Fsp3) is 0.333. The van der Waals surface area contributed by atoms with E-state index in [4.69, 9.17) is 0 Å². The molecule has 8 heteroatoms. The van der Waals surface area contributed by atoms with Crippen LogP contribution in [0.4, 0.5) is 5.69 Å². The van der Waals surface area contributed by atoms with Crippen molar-refractivity contribution in [3.63, 3.8) is 0 Å². The molecule has 1 atom stereocenters. The van der Waals surface area contributed by atoms with Crippen molar-refractivity contribution in [3.05, 3.63) is 65.7 Å². The quantitative estimate of drug-likeness (QED) is 0.738. The first-order valence-electron chi connectivity index (χ1n) is 10.7. The number of amides is 4. The number of anilines is 1. The van der Waals surface area contributed by atoms with Gasteiger partial charge in [-0.3, -0.25) is 24.1 Å². The lowest BCUT2D eigenvalue weighted by molar-refractivity contribution is -0.133. The predicted molar refractivity (Wildman–Crippen MR) is 116 cm³/mol. The maximum atomic E-state index is 13.3. The Bertz CT molecular complexity index is 1120. The van der Waals surface area contributed by atoms with Gasteiger partial charge in [0.15, 0.2) is 0 Å². The highest BCUT2D eigenvalue weighted by atomic mass is 16.2. The maximum absolute atomic E-state index is 13.3. The summed E-state index contributed by atoms with van der Waals surface area (Å²) in [6.45, 7) is 2.25. The smallest absolute Gasteiger partial charge is 0.258 e. The first-order valence-corrected chi connectivity index (χ1v) is 10.7. The standard InChI is InChI=1S/C24H24N4O4/c1-24-12-11-20(29)28(24)19-10-6-5-9-18(19)23(32)27(24)15-22(31)26-14-21(30)25(16-26)13-17-7-3-2-4-8-17/h2-10H,11-16H2,1H3. The zero-order valence-electron chi connectivity index (χ0n) is 17.9. The number of nitrogens with zero attached hydrogens (tertiary/aromatic N) is 4. The summed E-state index contributed by atoms with van der Waals surface area (Å²) < 4.78 is 0. The van der Waals surface area contributed by atoms with Gasteiger partial charge >= 0.3 is 0 Å². The Morgan fingerprint density at radius 3 is 2.47 bits per heavy atom. The van der Waals surface area contributed by atoms with Gasteiger partial charge in [0.25, 0.3) is 5.91 Å². The van der Waals surface area contributed by atoms with Crippen molar-refractivity contribution < 1.29 is 19.2 Å². The third-order valence-corrected chi connectivity index (χ3v) is 6.63. The van der Waals surface area contributed by atoms with Crippen LogP contribution in [-0.2, 0) is 20.9 Å². The van der Waals surface area contributed by atoms with E-state index in [1.807, 2.05) is 37.3 Å². The van der Waals surface area contributed by atoms with Crippen LogP contribution in [0.25, 0.3) is 0 Å². The van der Waals surface area contributed by atoms with E-state index in [1.165, 1.54) is 9.80 Å². The van der Waals surface area contributed by atoms with Crippen LogP contribution in [0.5, 0.6) is 0 Å². The molecule has 2 saturated heterocycles. The lowest BCUT2D eigenvalue weighted by Gasteiger charge is -2.48. The third kappa shape index (κ3) is 3.14. The molecule has 3 heterocycles. The first-order chi connectivity index (χ1) is 15.4. The second-order valence-corrected chi connectivity index (χ2v) is 8.66. The Hall–Kier alpha value is -3.68. The maximum Gasteiger partial charge on any atom is 0.258 e. The van der Waals surface area contributed by atoms with Gasteiger partial charge in [-0.1, -0.05) is 42.5 Å². The second-order valence-electron chi connectivity index (χ2n) is 8.66. The molecule has 32 heavy (non-hydrogen) atoms. The minimum absolute atomic E-state index is 0.0103. The van der Waals surface area contributed by atoms with Gasteiger partial charge in [0.1, 0.15) is 18.8 Å². The van der Waals surface area contributed by atoms with Gasteiger partial charge in [-0.25, -0.2) is 0 Å². The van der Waals surface area contributed by atoms with Gasteiger partial charge in [-0.05, 0) is 31.0 Å². The number of benzene rings is 2. The largest absolute Gasteiger partial charge is 0.319 e. The Balaban J connectivity index is 1.36. The molecule has 0 spiro atoms. The van der Waals surface area contributed by atoms with Gasteiger partial charge in [0, 0.05) is 13.0 Å². The van der Waals surface area contributed by atoms with Crippen molar-refractivity contribution >= 4 is 29.3 Å². The van der Waals surface area contributed by atoms with Crippen molar-refractivity contribution in [1.82, 2.24) is 14.7 Å². The van der Waals surface area contributed by atoms with E-state index in [-0.39, 0.29) is 43.4 Å². The average Bonchev–Trinajstić information content (AvgIpc) is 3.31. The Morgan fingerprint density at radius 2 is 1.69 bits per heavy atom. The van der Waals surface area contributed by atoms with E-state index in [9.17, 15) is 19.2 Å². The number of hydrogen-bond donors (Lipinski definition) is 0. The molecule has 0 radical (unpaired) electrons. The zero-order valence-corrected chi connectivity index (χ0v) is 17.9. The van der Waals surface area contributed by atoms with E-state index < -0.39 is 5.66 Å². The highest BCUT2D eigenvalue weighted by Crippen LogP contribution is 2.43. The highest BCUT2D eigenvalue weighted by Gasteiger charge is 2.53. The fourth-order valence-electron chi connectivity index (χ4n) is 4.88. The molecule has 3 aliphatic rings. The van der Waals surface area contributed by atoms with E-state index in [0.29, 0.717) is 30.6 Å². The minimum atomic E-state index is -0.897. The van der Waals surface area contributed by atoms with E-state index in [0.717, 1.165) is 5.56 Å². The van der Waals surface area contributed by atoms with Crippen molar-refractivity contribution in [3.8, 4) is 0 Å². The Kier molecular flexibility index (Phi) is 4.73. The minimum Gasteiger partial charge on any atom is -0.319 e.